The van der Waals surface area contributed by atoms with Crippen molar-refractivity contribution in [1.82, 2.24) is 20.5 Å². The van der Waals surface area contributed by atoms with Crippen molar-refractivity contribution in [2.24, 2.45) is 4.99 Å². The van der Waals surface area contributed by atoms with Gasteiger partial charge in [0.25, 0.3) is 0 Å². The number of halogens is 1. The first-order valence-corrected chi connectivity index (χ1v) is 9.53. The van der Waals surface area contributed by atoms with Gasteiger partial charge in [-0.25, -0.2) is 4.98 Å². The summed E-state index contributed by atoms with van der Waals surface area (Å²) in [5, 5.41) is 7.89. The van der Waals surface area contributed by atoms with Crippen molar-refractivity contribution in [3.63, 3.8) is 0 Å². The Morgan fingerprint density at radius 1 is 1.15 bits per heavy atom. The number of aliphatic imine (C=N–C) groups is 1. The molecule has 2 N–H and O–H groups in total. The molecule has 0 radical (unpaired) electrons. The molecule has 0 aliphatic rings. The van der Waals surface area contributed by atoms with Crippen LogP contribution < -0.4 is 10.6 Å². The van der Waals surface area contributed by atoms with E-state index in [-0.39, 0.29) is 24.0 Å². The molecule has 0 aliphatic heterocycles. The van der Waals surface area contributed by atoms with E-state index in [9.17, 15) is 0 Å². The van der Waals surface area contributed by atoms with Gasteiger partial charge in [-0.3, -0.25) is 4.99 Å². The van der Waals surface area contributed by atoms with Gasteiger partial charge in [0.05, 0.1) is 5.01 Å². The molecule has 26 heavy (non-hydrogen) atoms. The van der Waals surface area contributed by atoms with Crippen molar-refractivity contribution in [2.75, 3.05) is 27.7 Å². The number of aryl methyl sites for hydroxylation is 1. The number of nitrogens with one attached hydrogen (secondary N) is 2. The number of aromatic nitrogens is 1. The smallest absolute Gasteiger partial charge is 0.191 e. The molecule has 0 fully saturated rings. The van der Waals surface area contributed by atoms with E-state index in [2.05, 4.69) is 70.8 Å². The molecule has 0 aliphatic carbocycles. The molecule has 0 atom stereocenters. The number of nitrogens with zero attached hydrogens (tertiary/aromatic N) is 3. The maximum Gasteiger partial charge on any atom is 0.191 e. The molecule has 7 heteroatoms. The Morgan fingerprint density at radius 2 is 1.85 bits per heavy atom. The average molecular weight is 487 g/mol. The number of hydrogen-bond donors (Lipinski definition) is 2. The van der Waals surface area contributed by atoms with Crippen LogP contribution in [-0.2, 0) is 25.9 Å². The Hall–Kier alpha value is -1.19. The Bertz CT molecular complexity index is 667. The van der Waals surface area contributed by atoms with Gasteiger partial charge in [-0.15, -0.1) is 35.3 Å². The third-order valence-electron chi connectivity index (χ3n) is 3.79. The van der Waals surface area contributed by atoms with E-state index in [4.69, 9.17) is 0 Å². The summed E-state index contributed by atoms with van der Waals surface area (Å²) in [6.07, 6.45) is 3.96. The fourth-order valence-electron chi connectivity index (χ4n) is 2.45. The number of benzene rings is 1. The Labute approximate surface area is 178 Å². The SMILES string of the molecule is CCc1cnc(CCNC(=NC)NCc2ccc(CN(C)C)cc2)s1.I. The first kappa shape index (κ1) is 22.9. The summed E-state index contributed by atoms with van der Waals surface area (Å²) < 4.78 is 0. The molecule has 1 aromatic heterocycles. The van der Waals surface area contributed by atoms with Gasteiger partial charge in [-0.05, 0) is 31.6 Å². The van der Waals surface area contributed by atoms with Crippen molar-refractivity contribution in [3.8, 4) is 0 Å². The lowest BCUT2D eigenvalue weighted by atomic mass is 10.1. The van der Waals surface area contributed by atoms with Crippen LogP contribution in [0.4, 0.5) is 0 Å². The highest BCUT2D eigenvalue weighted by Gasteiger charge is 2.03. The van der Waals surface area contributed by atoms with Crippen molar-refractivity contribution >= 4 is 41.3 Å². The molecule has 0 amide bonds. The van der Waals surface area contributed by atoms with Gasteiger partial charge in [-0.1, -0.05) is 31.2 Å². The highest BCUT2D eigenvalue weighted by atomic mass is 127. The number of rotatable bonds is 8. The lowest BCUT2D eigenvalue weighted by molar-refractivity contribution is 0.402. The van der Waals surface area contributed by atoms with E-state index in [0.717, 1.165) is 38.4 Å². The van der Waals surface area contributed by atoms with Crippen LogP contribution in [-0.4, -0.2) is 43.5 Å². The maximum atomic E-state index is 4.45. The van der Waals surface area contributed by atoms with Crippen LogP contribution in [0, 0.1) is 0 Å². The van der Waals surface area contributed by atoms with Gasteiger partial charge in [0, 0.05) is 44.2 Å². The summed E-state index contributed by atoms with van der Waals surface area (Å²) in [7, 11) is 5.97. The Balaban J connectivity index is 0.00000338. The average Bonchev–Trinajstić information content (AvgIpc) is 3.06. The van der Waals surface area contributed by atoms with E-state index in [1.807, 2.05) is 6.20 Å². The summed E-state index contributed by atoms with van der Waals surface area (Å²) >= 11 is 1.79. The van der Waals surface area contributed by atoms with E-state index < -0.39 is 0 Å². The number of thiazole rings is 1. The molecule has 0 bridgehead atoms. The van der Waals surface area contributed by atoms with Gasteiger partial charge in [0.15, 0.2) is 5.96 Å². The fraction of sp³-hybridized carbons (Fsp3) is 0.474. The molecule has 2 aromatic rings. The quantitative estimate of drug-likeness (QED) is 0.341. The van der Waals surface area contributed by atoms with Crippen molar-refractivity contribution in [3.05, 3.63) is 51.5 Å². The molecule has 0 unspecified atom stereocenters. The van der Waals surface area contributed by atoms with E-state index in [1.165, 1.54) is 21.0 Å². The summed E-state index contributed by atoms with van der Waals surface area (Å²) in [5.74, 6) is 0.824. The molecular weight excluding hydrogens is 457 g/mol. The molecule has 0 saturated carbocycles. The summed E-state index contributed by atoms with van der Waals surface area (Å²) in [5.41, 5.74) is 2.57. The fourth-order valence-corrected chi connectivity index (χ4v) is 3.31. The standard InChI is InChI=1S/C19H29N5S.HI/c1-5-17-13-22-18(25-17)10-11-21-19(20-2)23-12-15-6-8-16(9-7-15)14-24(3)4;/h6-9,13H,5,10-12,14H2,1-4H3,(H2,20,21,23);1H. The van der Waals surface area contributed by atoms with Gasteiger partial charge in [0.2, 0.25) is 0 Å². The maximum absolute atomic E-state index is 4.45. The van der Waals surface area contributed by atoms with E-state index in [0.29, 0.717) is 0 Å². The Morgan fingerprint density at radius 3 is 2.42 bits per heavy atom. The van der Waals surface area contributed by atoms with Crippen molar-refractivity contribution in [1.29, 1.82) is 0 Å². The second-order valence-corrected chi connectivity index (χ2v) is 7.43. The summed E-state index contributed by atoms with van der Waals surface area (Å²) in [6.45, 7) is 4.72. The monoisotopic (exact) mass is 487 g/mol. The lowest BCUT2D eigenvalue weighted by Crippen LogP contribution is -2.37. The van der Waals surface area contributed by atoms with Crippen LogP contribution in [0.5, 0.6) is 0 Å². The molecule has 1 aromatic carbocycles. The van der Waals surface area contributed by atoms with Crippen LogP contribution in [0.2, 0.25) is 0 Å². The Kier molecular flexibility index (Phi) is 10.8. The minimum atomic E-state index is 0. The molecule has 0 saturated heterocycles. The third kappa shape index (κ3) is 8.01. The van der Waals surface area contributed by atoms with Crippen LogP contribution in [0.25, 0.3) is 0 Å². The van der Waals surface area contributed by atoms with Gasteiger partial charge in [0.1, 0.15) is 0 Å². The third-order valence-corrected chi connectivity index (χ3v) is 4.99. The zero-order chi connectivity index (χ0) is 18.1. The van der Waals surface area contributed by atoms with Crippen molar-refractivity contribution in [2.45, 2.75) is 32.9 Å². The summed E-state index contributed by atoms with van der Waals surface area (Å²) in [6, 6.07) is 8.70. The highest BCUT2D eigenvalue weighted by Crippen LogP contribution is 2.13. The molecule has 2 rings (SSSR count). The molecular formula is C19H30IN5S. The second-order valence-electron chi connectivity index (χ2n) is 6.23. The largest absolute Gasteiger partial charge is 0.356 e. The van der Waals surface area contributed by atoms with Gasteiger partial charge < -0.3 is 15.5 Å². The molecule has 144 valence electrons. The topological polar surface area (TPSA) is 52.6 Å². The predicted octanol–water partition coefficient (Wildman–Crippen LogP) is 3.29. The predicted molar refractivity (Wildman–Crippen MR) is 123 cm³/mol. The molecule has 0 spiro atoms. The molecule has 5 nitrogen and oxygen atoms in total. The minimum absolute atomic E-state index is 0. The van der Waals surface area contributed by atoms with E-state index >= 15 is 0 Å². The highest BCUT2D eigenvalue weighted by molar-refractivity contribution is 14.0. The molecule has 1 heterocycles. The van der Waals surface area contributed by atoms with Crippen LogP contribution in [0.1, 0.15) is 27.9 Å². The number of guanidine groups is 1. The zero-order valence-corrected chi connectivity index (χ0v) is 19.2. The van der Waals surface area contributed by atoms with Crippen LogP contribution in [0.15, 0.2) is 35.5 Å². The van der Waals surface area contributed by atoms with Gasteiger partial charge in [-0.2, -0.15) is 0 Å². The van der Waals surface area contributed by atoms with Crippen LogP contribution >= 0.6 is 35.3 Å². The summed E-state index contributed by atoms with van der Waals surface area (Å²) in [4.78, 5) is 12.2. The van der Waals surface area contributed by atoms with E-state index in [1.54, 1.807) is 18.4 Å². The number of hydrogen-bond acceptors (Lipinski definition) is 4. The second kappa shape index (κ2) is 12.2. The normalized spacial score (nSPS) is 11.3. The van der Waals surface area contributed by atoms with Crippen molar-refractivity contribution < 1.29 is 0 Å². The minimum Gasteiger partial charge on any atom is -0.356 e. The van der Waals surface area contributed by atoms with Gasteiger partial charge >= 0.3 is 0 Å². The first-order valence-electron chi connectivity index (χ1n) is 8.71. The van der Waals surface area contributed by atoms with Crippen LogP contribution in [0.3, 0.4) is 0 Å². The first-order chi connectivity index (χ1) is 12.1. The lowest BCUT2D eigenvalue weighted by Gasteiger charge is -2.13. The zero-order valence-electron chi connectivity index (χ0n) is 16.1.